The Hall–Kier alpha value is -1.36. The molecule has 0 saturated heterocycles. The summed E-state index contributed by atoms with van der Waals surface area (Å²) >= 11 is 1.29. The van der Waals surface area contributed by atoms with Gasteiger partial charge in [-0.2, -0.15) is 0 Å². The molecule has 1 aromatic carbocycles. The van der Waals surface area contributed by atoms with Gasteiger partial charge in [0, 0.05) is 17.4 Å². The number of hydrogen-bond acceptors (Lipinski definition) is 2. The van der Waals surface area contributed by atoms with E-state index in [0.717, 1.165) is 22.6 Å². The minimum atomic E-state index is -0.574. The van der Waals surface area contributed by atoms with Crippen LogP contribution in [0, 0.1) is 18.1 Å². The van der Waals surface area contributed by atoms with Crippen molar-refractivity contribution in [3.63, 3.8) is 0 Å². The van der Waals surface area contributed by atoms with E-state index in [2.05, 4.69) is 9.97 Å². The number of rotatable bonds is 4. The summed E-state index contributed by atoms with van der Waals surface area (Å²) in [5, 5.41) is 0.827. The largest absolute Gasteiger partial charge is 0.336 e. The van der Waals surface area contributed by atoms with Crippen LogP contribution in [0.5, 0.6) is 0 Å². The highest BCUT2D eigenvalue weighted by Gasteiger charge is 2.14. The van der Waals surface area contributed by atoms with E-state index in [1.807, 2.05) is 27.2 Å². The van der Waals surface area contributed by atoms with Gasteiger partial charge in [0.2, 0.25) is 0 Å². The lowest BCUT2D eigenvalue weighted by Gasteiger charge is -2.05. The van der Waals surface area contributed by atoms with E-state index in [4.69, 9.17) is 0 Å². The molecule has 5 heteroatoms. The van der Waals surface area contributed by atoms with Crippen LogP contribution in [0.3, 0.4) is 0 Å². The van der Waals surface area contributed by atoms with Crippen molar-refractivity contribution in [2.45, 2.75) is 36.6 Å². The summed E-state index contributed by atoms with van der Waals surface area (Å²) in [5.74, 6) is -0.139. The van der Waals surface area contributed by atoms with Gasteiger partial charge in [-0.1, -0.05) is 32.5 Å². The van der Waals surface area contributed by atoms with Crippen LogP contribution < -0.4 is 0 Å². The first-order chi connectivity index (χ1) is 8.99. The lowest BCUT2D eigenvalue weighted by molar-refractivity contribution is 0.577. The Labute approximate surface area is 115 Å². The molecule has 1 heterocycles. The van der Waals surface area contributed by atoms with Crippen LogP contribution in [0.25, 0.3) is 0 Å². The topological polar surface area (TPSA) is 28.7 Å². The molecule has 0 aliphatic carbocycles. The number of aromatic amines is 1. The minimum absolute atomic E-state index is 0.242. The number of halogens is 2. The van der Waals surface area contributed by atoms with Crippen LogP contribution in [-0.2, 0) is 0 Å². The fourth-order valence-electron chi connectivity index (χ4n) is 1.70. The van der Waals surface area contributed by atoms with Crippen molar-refractivity contribution < 1.29 is 8.78 Å². The van der Waals surface area contributed by atoms with Crippen LogP contribution in [0.15, 0.2) is 28.1 Å². The van der Waals surface area contributed by atoms with Gasteiger partial charge in [0.15, 0.2) is 0 Å². The molecule has 19 heavy (non-hydrogen) atoms. The van der Waals surface area contributed by atoms with E-state index >= 15 is 0 Å². The maximum Gasteiger partial charge on any atom is 0.127 e. The number of aromatic nitrogens is 2. The first-order valence-corrected chi connectivity index (χ1v) is 6.84. The summed E-state index contributed by atoms with van der Waals surface area (Å²) in [5.41, 5.74) is 0.905. The van der Waals surface area contributed by atoms with Crippen LogP contribution in [0.2, 0.25) is 0 Å². The third kappa shape index (κ3) is 3.35. The highest BCUT2D eigenvalue weighted by Crippen LogP contribution is 2.33. The summed E-state index contributed by atoms with van der Waals surface area (Å²) in [6.07, 6.45) is 1.86. The van der Waals surface area contributed by atoms with Gasteiger partial charge in [0.05, 0.1) is 5.69 Å². The summed E-state index contributed by atoms with van der Waals surface area (Å²) in [4.78, 5) is 8.12. The lowest BCUT2D eigenvalue weighted by Crippen LogP contribution is -1.90. The SMILES string of the molecule is C[CH]c1nc(C(C)C)c(Sc2cc(F)cc(F)c2)[nH]1. The maximum absolute atomic E-state index is 13.2. The quantitative estimate of drug-likeness (QED) is 0.891. The molecule has 1 radical (unpaired) electrons. The van der Waals surface area contributed by atoms with Gasteiger partial charge < -0.3 is 4.98 Å². The van der Waals surface area contributed by atoms with Crippen molar-refractivity contribution in [3.8, 4) is 0 Å². The van der Waals surface area contributed by atoms with Gasteiger partial charge in [-0.3, -0.25) is 0 Å². The van der Waals surface area contributed by atoms with Crippen molar-refractivity contribution in [2.75, 3.05) is 0 Å². The van der Waals surface area contributed by atoms with E-state index in [1.54, 1.807) is 0 Å². The standard InChI is InChI=1S/C14H15F2N2S/c1-4-12-17-13(8(2)3)14(18-12)19-11-6-9(15)5-10(16)7-11/h4-8H,1-3H3,(H,17,18). The van der Waals surface area contributed by atoms with Crippen molar-refractivity contribution in [2.24, 2.45) is 0 Å². The molecule has 0 bridgehead atoms. The van der Waals surface area contributed by atoms with E-state index in [0.29, 0.717) is 4.90 Å². The normalized spacial score (nSPS) is 11.3. The molecule has 0 spiro atoms. The van der Waals surface area contributed by atoms with Crippen molar-refractivity contribution >= 4 is 11.8 Å². The average Bonchev–Trinajstić information content (AvgIpc) is 2.71. The molecular weight excluding hydrogens is 266 g/mol. The molecule has 101 valence electrons. The zero-order valence-electron chi connectivity index (χ0n) is 11.0. The Morgan fingerprint density at radius 1 is 1.21 bits per heavy atom. The molecule has 0 unspecified atom stereocenters. The molecule has 2 nitrogen and oxygen atoms in total. The van der Waals surface area contributed by atoms with Gasteiger partial charge in [0.25, 0.3) is 0 Å². The Morgan fingerprint density at radius 2 is 1.84 bits per heavy atom. The number of hydrogen-bond donors (Lipinski definition) is 1. The molecule has 0 saturated carbocycles. The molecule has 1 N–H and O–H groups in total. The minimum Gasteiger partial charge on any atom is -0.336 e. The van der Waals surface area contributed by atoms with Crippen LogP contribution >= 0.6 is 11.8 Å². The molecular formula is C14H15F2N2S. The molecule has 0 aliphatic rings. The van der Waals surface area contributed by atoms with E-state index in [-0.39, 0.29) is 5.92 Å². The highest BCUT2D eigenvalue weighted by atomic mass is 32.2. The Kier molecular flexibility index (Phi) is 4.24. The van der Waals surface area contributed by atoms with Crippen LogP contribution in [0.1, 0.15) is 38.2 Å². The molecule has 0 atom stereocenters. The summed E-state index contributed by atoms with van der Waals surface area (Å²) in [7, 11) is 0. The molecule has 2 aromatic rings. The molecule has 2 rings (SSSR count). The molecule has 0 aliphatic heterocycles. The molecule has 0 amide bonds. The predicted octanol–water partition coefficient (Wildman–Crippen LogP) is 4.53. The Balaban J connectivity index is 2.34. The van der Waals surface area contributed by atoms with E-state index in [1.165, 1.54) is 23.9 Å². The number of nitrogens with one attached hydrogen (secondary N) is 1. The van der Waals surface area contributed by atoms with Crippen molar-refractivity contribution in [3.05, 3.63) is 47.8 Å². The summed E-state index contributed by atoms with van der Waals surface area (Å²) in [6.45, 7) is 5.96. The van der Waals surface area contributed by atoms with Gasteiger partial charge in [-0.05, 0) is 18.1 Å². The highest BCUT2D eigenvalue weighted by molar-refractivity contribution is 7.99. The lowest BCUT2D eigenvalue weighted by atomic mass is 10.2. The smallest absolute Gasteiger partial charge is 0.127 e. The second kappa shape index (κ2) is 5.74. The zero-order chi connectivity index (χ0) is 14.0. The van der Waals surface area contributed by atoms with Gasteiger partial charge >= 0.3 is 0 Å². The first-order valence-electron chi connectivity index (χ1n) is 6.02. The van der Waals surface area contributed by atoms with Crippen LogP contribution in [0.4, 0.5) is 8.78 Å². The average molecular weight is 281 g/mol. The zero-order valence-corrected chi connectivity index (χ0v) is 11.8. The van der Waals surface area contributed by atoms with Gasteiger partial charge in [0.1, 0.15) is 22.5 Å². The van der Waals surface area contributed by atoms with E-state index < -0.39 is 11.6 Å². The fraction of sp³-hybridized carbons (Fsp3) is 0.286. The van der Waals surface area contributed by atoms with Gasteiger partial charge in [-0.25, -0.2) is 13.8 Å². The second-order valence-corrected chi connectivity index (χ2v) is 5.57. The van der Waals surface area contributed by atoms with E-state index in [9.17, 15) is 8.78 Å². The Bertz CT molecular complexity index is 559. The third-order valence-electron chi connectivity index (χ3n) is 2.59. The number of H-pyrrole nitrogens is 1. The Morgan fingerprint density at radius 3 is 2.37 bits per heavy atom. The molecule has 0 fully saturated rings. The third-order valence-corrected chi connectivity index (χ3v) is 3.58. The van der Waals surface area contributed by atoms with Gasteiger partial charge in [-0.15, -0.1) is 0 Å². The second-order valence-electron chi connectivity index (χ2n) is 4.49. The molecule has 1 aromatic heterocycles. The number of imidazole rings is 1. The van der Waals surface area contributed by atoms with Crippen molar-refractivity contribution in [1.82, 2.24) is 9.97 Å². The summed E-state index contributed by atoms with van der Waals surface area (Å²) in [6, 6.07) is 3.49. The maximum atomic E-state index is 13.2. The first kappa shape index (κ1) is 14.1. The summed E-state index contributed by atoms with van der Waals surface area (Å²) < 4.78 is 26.4. The monoisotopic (exact) mass is 281 g/mol. The predicted molar refractivity (Wildman–Crippen MR) is 72.2 cm³/mol. The number of nitrogens with zero attached hydrogens (tertiary/aromatic N) is 1. The fourth-order valence-corrected chi connectivity index (χ4v) is 2.82. The van der Waals surface area contributed by atoms with Crippen molar-refractivity contribution in [1.29, 1.82) is 0 Å². The number of benzene rings is 1. The van der Waals surface area contributed by atoms with Crippen LogP contribution in [-0.4, -0.2) is 9.97 Å².